The number of hydrogen-bond donors (Lipinski definition) is 2. The van der Waals surface area contributed by atoms with E-state index in [4.69, 9.17) is 14.6 Å². The highest BCUT2D eigenvalue weighted by Gasteiger charge is 2.27. The van der Waals surface area contributed by atoms with Gasteiger partial charge in [0.25, 0.3) is 0 Å². The van der Waals surface area contributed by atoms with Crippen molar-refractivity contribution in [3.8, 4) is 6.01 Å². The topological polar surface area (TPSA) is 96.6 Å². The predicted octanol–water partition coefficient (Wildman–Crippen LogP) is 2.79. The molecule has 1 saturated heterocycles. The summed E-state index contributed by atoms with van der Waals surface area (Å²) in [6, 6.07) is 8.45. The van der Waals surface area contributed by atoms with Gasteiger partial charge in [0.15, 0.2) is 11.6 Å². The molecule has 4 rings (SSSR count). The van der Waals surface area contributed by atoms with Crippen LogP contribution in [0.2, 0.25) is 0 Å². The number of nitrogens with zero attached hydrogens (tertiary/aromatic N) is 4. The van der Waals surface area contributed by atoms with E-state index in [1.54, 1.807) is 0 Å². The lowest BCUT2D eigenvalue weighted by Crippen LogP contribution is -2.39. The largest absolute Gasteiger partial charge is 0.463 e. The summed E-state index contributed by atoms with van der Waals surface area (Å²) < 4.78 is 27.4. The van der Waals surface area contributed by atoms with Gasteiger partial charge in [0.2, 0.25) is 5.91 Å². The number of ether oxygens (including phenoxy) is 1. The number of benzene rings is 1. The molecule has 1 fully saturated rings. The molecular weight excluding hydrogens is 380 g/mol. The van der Waals surface area contributed by atoms with Gasteiger partial charge >= 0.3 is 6.01 Å². The molecule has 8 nitrogen and oxygen atoms in total. The summed E-state index contributed by atoms with van der Waals surface area (Å²) >= 11 is 0. The van der Waals surface area contributed by atoms with Crippen LogP contribution in [0.1, 0.15) is 47.8 Å². The Hall–Kier alpha value is -2.87. The van der Waals surface area contributed by atoms with E-state index in [9.17, 15) is 4.79 Å². The lowest BCUT2D eigenvalue weighted by atomic mass is 10.1. The van der Waals surface area contributed by atoms with Gasteiger partial charge in [-0.1, -0.05) is 37.5 Å². The fourth-order valence-corrected chi connectivity index (χ4v) is 3.90. The van der Waals surface area contributed by atoms with Crippen LogP contribution >= 0.6 is 0 Å². The zero-order valence-electron chi connectivity index (χ0n) is 20.1. The third-order valence-corrected chi connectivity index (χ3v) is 5.32. The zero-order valence-corrected chi connectivity index (χ0v) is 17.1. The number of anilines is 3. The van der Waals surface area contributed by atoms with Gasteiger partial charge in [-0.3, -0.25) is 9.69 Å². The van der Waals surface area contributed by atoms with Crippen molar-refractivity contribution in [2.24, 2.45) is 0 Å². The Morgan fingerprint density at radius 2 is 2.03 bits per heavy atom. The number of nitrogens with one attached hydrogen (secondary N) is 1. The van der Waals surface area contributed by atoms with Crippen molar-refractivity contribution in [2.75, 3.05) is 42.2 Å². The number of likely N-dealkylation sites (tertiary alicyclic amines) is 1. The lowest BCUT2D eigenvalue weighted by molar-refractivity contribution is -0.115. The average molecular weight is 414 g/mol. The second-order valence-corrected chi connectivity index (χ2v) is 7.75. The number of rotatable bonds is 8. The minimum Gasteiger partial charge on any atom is -0.463 e. The molecule has 0 aliphatic carbocycles. The van der Waals surface area contributed by atoms with Gasteiger partial charge in [-0.05, 0) is 43.5 Å². The van der Waals surface area contributed by atoms with E-state index in [0.29, 0.717) is 24.5 Å². The lowest BCUT2D eigenvalue weighted by Gasteiger charge is -2.30. The molecule has 160 valence electrons. The number of fused-ring (bicyclic) bond motifs is 1. The average Bonchev–Trinajstić information content (AvgIpc) is 3.25. The highest BCUT2D eigenvalue weighted by atomic mass is 16.5. The number of hydrogen-bond acceptors (Lipinski definition) is 7. The molecule has 0 atom stereocenters. The summed E-state index contributed by atoms with van der Waals surface area (Å²) in [5.74, 6) is 0.432. The van der Waals surface area contributed by atoms with Crippen molar-refractivity contribution >= 4 is 23.2 Å². The molecule has 0 spiro atoms. The number of carbonyl (C=O) groups excluding carboxylic acids is 1. The third-order valence-electron chi connectivity index (χ3n) is 5.32. The van der Waals surface area contributed by atoms with Gasteiger partial charge in [-0.25, -0.2) is 0 Å². The molecule has 3 N–H and O–H groups in total. The van der Waals surface area contributed by atoms with E-state index < -0.39 is 6.85 Å². The van der Waals surface area contributed by atoms with Crippen LogP contribution in [0, 0.1) is 0 Å². The molecule has 2 aliphatic heterocycles. The van der Waals surface area contributed by atoms with Gasteiger partial charge in [0.1, 0.15) is 5.69 Å². The van der Waals surface area contributed by atoms with Crippen LogP contribution in [-0.4, -0.2) is 47.0 Å². The van der Waals surface area contributed by atoms with Crippen molar-refractivity contribution in [3.05, 3.63) is 35.4 Å². The second kappa shape index (κ2) is 9.30. The molecule has 0 unspecified atom stereocenters. The first-order valence-corrected chi connectivity index (χ1v) is 10.4. The SMILES string of the molecule is [2H]C([2H])([2H])CCCOc1nc(N)c2c(n1)N(Cc1cccc(CN3CCCC3)c1)CC(=O)N2. The predicted molar refractivity (Wildman–Crippen MR) is 117 cm³/mol. The number of amides is 1. The summed E-state index contributed by atoms with van der Waals surface area (Å²) in [6.07, 6.45) is 2.90. The number of nitrogen functional groups attached to an aromatic ring is 1. The number of nitrogens with two attached hydrogens (primary N) is 1. The molecule has 0 saturated carbocycles. The first-order valence-electron chi connectivity index (χ1n) is 11.9. The van der Waals surface area contributed by atoms with Gasteiger partial charge in [0.05, 0.1) is 13.2 Å². The maximum atomic E-state index is 12.3. The van der Waals surface area contributed by atoms with E-state index in [1.807, 2.05) is 17.0 Å². The standard InChI is InChI=1S/C22H30N6O2/c1-2-3-11-30-22-25-20(23)19-21(26-22)28(15-18(29)24-19)14-17-8-6-7-16(12-17)13-27-9-4-5-10-27/h6-8,12H,2-5,9-11,13-15H2,1H3,(H,24,29)(H2,23,25,26)/i1D3. The van der Waals surface area contributed by atoms with E-state index in [2.05, 4.69) is 32.3 Å². The Morgan fingerprint density at radius 1 is 1.23 bits per heavy atom. The summed E-state index contributed by atoms with van der Waals surface area (Å²) in [4.78, 5) is 25.2. The molecule has 0 bridgehead atoms. The minimum absolute atomic E-state index is 0.0450. The molecular formula is C22H30N6O2. The maximum Gasteiger partial charge on any atom is 0.320 e. The van der Waals surface area contributed by atoms with Crippen LogP contribution in [0.4, 0.5) is 17.3 Å². The van der Waals surface area contributed by atoms with Gasteiger partial charge in [0, 0.05) is 17.2 Å². The summed E-state index contributed by atoms with van der Waals surface area (Å²) in [5, 5.41) is 2.75. The van der Waals surface area contributed by atoms with Crippen LogP contribution in [0.15, 0.2) is 24.3 Å². The van der Waals surface area contributed by atoms with E-state index in [0.717, 1.165) is 25.2 Å². The van der Waals surface area contributed by atoms with Crippen LogP contribution in [0.5, 0.6) is 6.01 Å². The van der Waals surface area contributed by atoms with Crippen LogP contribution in [0.3, 0.4) is 0 Å². The quantitative estimate of drug-likeness (QED) is 0.642. The van der Waals surface area contributed by atoms with Crippen molar-refractivity contribution in [1.29, 1.82) is 0 Å². The second-order valence-electron chi connectivity index (χ2n) is 7.75. The number of aromatic nitrogens is 2. The van der Waals surface area contributed by atoms with Crippen molar-refractivity contribution in [3.63, 3.8) is 0 Å². The van der Waals surface area contributed by atoms with E-state index >= 15 is 0 Å². The first-order chi connectivity index (χ1) is 15.8. The molecule has 1 amide bonds. The van der Waals surface area contributed by atoms with Crippen LogP contribution in [-0.2, 0) is 17.9 Å². The minimum atomic E-state index is -2.00. The fraction of sp³-hybridized carbons (Fsp3) is 0.500. The van der Waals surface area contributed by atoms with E-state index in [1.165, 1.54) is 18.4 Å². The normalized spacial score (nSPS) is 18.3. The molecule has 1 aromatic carbocycles. The molecule has 0 radical (unpaired) electrons. The Morgan fingerprint density at radius 3 is 2.83 bits per heavy atom. The molecule has 1 aromatic heterocycles. The van der Waals surface area contributed by atoms with Crippen LogP contribution < -0.4 is 20.7 Å². The molecule has 3 heterocycles. The van der Waals surface area contributed by atoms with Gasteiger partial charge < -0.3 is 20.7 Å². The molecule has 2 aromatic rings. The Balaban J connectivity index is 1.48. The van der Waals surface area contributed by atoms with Gasteiger partial charge in [-0.15, -0.1) is 0 Å². The highest BCUT2D eigenvalue weighted by molar-refractivity contribution is 6.03. The third kappa shape index (κ3) is 4.81. The Labute approximate surface area is 181 Å². The summed E-state index contributed by atoms with van der Waals surface area (Å²) in [6.45, 7) is 1.99. The molecule has 2 aliphatic rings. The Bertz CT molecular complexity index is 995. The van der Waals surface area contributed by atoms with E-state index in [-0.39, 0.29) is 37.3 Å². The van der Waals surface area contributed by atoms with Gasteiger partial charge in [-0.2, -0.15) is 9.97 Å². The highest BCUT2D eigenvalue weighted by Crippen LogP contribution is 2.34. The Kier molecular flexibility index (Phi) is 5.23. The monoisotopic (exact) mass is 413 g/mol. The summed E-state index contributed by atoms with van der Waals surface area (Å²) in [7, 11) is 0. The number of carbonyl (C=O) groups is 1. The maximum absolute atomic E-state index is 12.3. The smallest absolute Gasteiger partial charge is 0.320 e. The van der Waals surface area contributed by atoms with Crippen molar-refractivity contribution in [1.82, 2.24) is 14.9 Å². The first kappa shape index (κ1) is 16.9. The summed E-state index contributed by atoms with van der Waals surface area (Å²) in [5.41, 5.74) is 8.77. The molecule has 8 heteroatoms. The van der Waals surface area contributed by atoms with Crippen molar-refractivity contribution < 1.29 is 13.6 Å². The molecule has 30 heavy (non-hydrogen) atoms. The van der Waals surface area contributed by atoms with Crippen LogP contribution in [0.25, 0.3) is 0 Å². The fourth-order valence-electron chi connectivity index (χ4n) is 3.90. The van der Waals surface area contributed by atoms with Crippen molar-refractivity contribution in [2.45, 2.75) is 45.6 Å². The zero-order chi connectivity index (χ0) is 23.4.